The van der Waals surface area contributed by atoms with Crippen molar-refractivity contribution in [3.8, 4) is 5.75 Å². The Balaban J connectivity index is 1.40. The van der Waals surface area contributed by atoms with E-state index in [1.165, 1.54) is 37.1 Å². The molecule has 0 radical (unpaired) electrons. The van der Waals surface area contributed by atoms with Crippen molar-refractivity contribution >= 4 is 11.8 Å². The van der Waals surface area contributed by atoms with Crippen LogP contribution in [0, 0.1) is 12.3 Å². The summed E-state index contributed by atoms with van der Waals surface area (Å²) in [6.45, 7) is 3.50. The van der Waals surface area contributed by atoms with Gasteiger partial charge in [0.1, 0.15) is 12.4 Å². The molecule has 3 fully saturated rings. The van der Waals surface area contributed by atoms with Crippen molar-refractivity contribution in [1.29, 1.82) is 0 Å². The number of nitrogens with zero attached hydrogens (tertiary/aromatic N) is 3. The standard InChI is InChI=1S/C22H33N5O3/c1-15-19(30-16-6-3-4-7-16)9-8-17(25-15)20(23)18(26(2)24)12-29-21(28)27-13-22(14-27)10-5-11-22/h8-9,16H,3-7,10-14,23-24H2,1-2H3/b20-18-. The maximum Gasteiger partial charge on any atom is 0.410 e. The summed E-state index contributed by atoms with van der Waals surface area (Å²) in [5.41, 5.74) is 9.00. The van der Waals surface area contributed by atoms with Crippen LogP contribution in [0.25, 0.3) is 5.70 Å². The molecule has 0 atom stereocenters. The highest BCUT2D eigenvalue weighted by atomic mass is 16.6. The van der Waals surface area contributed by atoms with Gasteiger partial charge in [-0.1, -0.05) is 6.42 Å². The van der Waals surface area contributed by atoms with Crippen LogP contribution in [0.15, 0.2) is 17.8 Å². The molecule has 8 heteroatoms. The molecule has 4 rings (SSSR count). The van der Waals surface area contributed by atoms with Crippen molar-refractivity contribution in [2.75, 3.05) is 26.7 Å². The summed E-state index contributed by atoms with van der Waals surface area (Å²) in [7, 11) is 1.67. The average molecular weight is 416 g/mol. The second kappa shape index (κ2) is 8.34. The van der Waals surface area contributed by atoms with Gasteiger partial charge in [0.2, 0.25) is 0 Å². The van der Waals surface area contributed by atoms with E-state index in [9.17, 15) is 4.79 Å². The van der Waals surface area contributed by atoms with E-state index in [0.717, 1.165) is 37.4 Å². The monoisotopic (exact) mass is 415 g/mol. The summed E-state index contributed by atoms with van der Waals surface area (Å²) in [5.74, 6) is 6.76. The minimum atomic E-state index is -0.316. The van der Waals surface area contributed by atoms with Crippen LogP contribution in [0.3, 0.4) is 0 Å². The number of likely N-dealkylation sites (N-methyl/N-ethyl adjacent to an activating group) is 1. The summed E-state index contributed by atoms with van der Waals surface area (Å²) in [5, 5.41) is 1.38. The predicted octanol–water partition coefficient (Wildman–Crippen LogP) is 2.77. The quantitative estimate of drug-likeness (QED) is 0.543. The zero-order valence-electron chi connectivity index (χ0n) is 18.0. The SMILES string of the molecule is Cc1nc(/C(N)=C(\COC(=O)N2CC3(CCC3)C2)N(C)N)ccc1OC1CCCC1. The Bertz CT molecular complexity index is 820. The Morgan fingerprint density at radius 1 is 1.27 bits per heavy atom. The molecule has 2 heterocycles. The topological polar surface area (TPSA) is 107 Å². The summed E-state index contributed by atoms with van der Waals surface area (Å²) in [6.07, 6.45) is 8.27. The van der Waals surface area contributed by atoms with Crippen molar-refractivity contribution in [3.05, 3.63) is 29.2 Å². The number of aromatic nitrogens is 1. The maximum absolute atomic E-state index is 12.4. The largest absolute Gasteiger partial charge is 0.489 e. The molecule has 8 nitrogen and oxygen atoms in total. The number of carbonyl (C=O) groups is 1. The maximum atomic E-state index is 12.4. The number of likely N-dealkylation sites (tertiary alicyclic amines) is 1. The van der Waals surface area contributed by atoms with Crippen LogP contribution in [-0.2, 0) is 4.74 Å². The molecule has 1 aliphatic heterocycles. The van der Waals surface area contributed by atoms with Gasteiger partial charge in [0.25, 0.3) is 0 Å². The fourth-order valence-electron chi connectivity index (χ4n) is 4.63. The van der Waals surface area contributed by atoms with E-state index in [-0.39, 0.29) is 18.8 Å². The summed E-state index contributed by atoms with van der Waals surface area (Å²) >= 11 is 0. The number of amides is 1. The molecule has 0 aromatic carbocycles. The molecule has 2 aliphatic carbocycles. The van der Waals surface area contributed by atoms with Crippen molar-refractivity contribution in [3.63, 3.8) is 0 Å². The van der Waals surface area contributed by atoms with Crippen molar-refractivity contribution in [1.82, 2.24) is 14.9 Å². The van der Waals surface area contributed by atoms with Crippen LogP contribution in [0.1, 0.15) is 56.3 Å². The molecule has 164 valence electrons. The first kappa shape index (κ1) is 20.8. The van der Waals surface area contributed by atoms with Crippen molar-refractivity contribution in [2.24, 2.45) is 17.0 Å². The number of rotatable bonds is 6. The van der Waals surface area contributed by atoms with Crippen LogP contribution in [-0.4, -0.2) is 53.8 Å². The van der Waals surface area contributed by atoms with Gasteiger partial charge in [0.05, 0.1) is 28.9 Å². The van der Waals surface area contributed by atoms with E-state index in [1.807, 2.05) is 19.1 Å². The number of carbonyl (C=O) groups excluding carboxylic acids is 1. The number of nitrogens with two attached hydrogens (primary N) is 2. The summed E-state index contributed by atoms with van der Waals surface area (Å²) < 4.78 is 11.6. The van der Waals surface area contributed by atoms with E-state index < -0.39 is 0 Å². The third-order valence-corrected chi connectivity index (χ3v) is 6.70. The van der Waals surface area contributed by atoms with Gasteiger partial charge in [-0.2, -0.15) is 0 Å². The third-order valence-electron chi connectivity index (χ3n) is 6.70. The Labute approximate surface area is 178 Å². The van der Waals surface area contributed by atoms with E-state index in [0.29, 0.717) is 22.5 Å². The highest BCUT2D eigenvalue weighted by molar-refractivity contribution is 5.70. The minimum absolute atomic E-state index is 0.00220. The van der Waals surface area contributed by atoms with E-state index >= 15 is 0 Å². The Morgan fingerprint density at radius 2 is 1.97 bits per heavy atom. The Hall–Kier alpha value is -2.48. The predicted molar refractivity (Wildman–Crippen MR) is 114 cm³/mol. The summed E-state index contributed by atoms with van der Waals surface area (Å²) in [6, 6.07) is 3.73. The van der Waals surface area contributed by atoms with Gasteiger partial charge in [-0.25, -0.2) is 15.6 Å². The molecule has 0 bridgehead atoms. The van der Waals surface area contributed by atoms with Crippen LogP contribution < -0.4 is 16.3 Å². The first-order valence-corrected chi connectivity index (χ1v) is 10.9. The number of hydrogen-bond donors (Lipinski definition) is 2. The van der Waals surface area contributed by atoms with Crippen LogP contribution >= 0.6 is 0 Å². The van der Waals surface area contributed by atoms with Gasteiger partial charge in [-0.15, -0.1) is 0 Å². The molecular formula is C22H33N5O3. The highest BCUT2D eigenvalue weighted by Crippen LogP contribution is 2.48. The van der Waals surface area contributed by atoms with Gasteiger partial charge in [-0.3, -0.25) is 0 Å². The molecule has 4 N–H and O–H groups in total. The highest BCUT2D eigenvalue weighted by Gasteiger charge is 2.49. The Kier molecular flexibility index (Phi) is 5.77. The van der Waals surface area contributed by atoms with Gasteiger partial charge in [0, 0.05) is 25.6 Å². The number of ether oxygens (including phenoxy) is 2. The lowest BCUT2D eigenvalue weighted by Crippen LogP contribution is -2.61. The van der Waals surface area contributed by atoms with Crippen LogP contribution in [0.5, 0.6) is 5.75 Å². The lowest BCUT2D eigenvalue weighted by molar-refractivity contribution is -0.0517. The number of aryl methyl sites for hydroxylation is 1. The molecule has 1 saturated heterocycles. The van der Waals surface area contributed by atoms with Crippen molar-refractivity contribution < 1.29 is 14.3 Å². The van der Waals surface area contributed by atoms with Crippen LogP contribution in [0.4, 0.5) is 4.79 Å². The molecule has 1 aromatic rings. The molecule has 1 amide bonds. The molecule has 1 aromatic heterocycles. The fourth-order valence-corrected chi connectivity index (χ4v) is 4.63. The van der Waals surface area contributed by atoms with E-state index in [2.05, 4.69) is 4.98 Å². The smallest absolute Gasteiger partial charge is 0.410 e. The van der Waals surface area contributed by atoms with Gasteiger partial charge < -0.3 is 25.1 Å². The van der Waals surface area contributed by atoms with Gasteiger partial charge in [0.15, 0.2) is 0 Å². The lowest BCUT2D eigenvalue weighted by Gasteiger charge is -2.55. The van der Waals surface area contributed by atoms with E-state index in [1.54, 1.807) is 11.9 Å². The average Bonchev–Trinajstić information content (AvgIpc) is 3.14. The third kappa shape index (κ3) is 4.19. The second-order valence-electron chi connectivity index (χ2n) is 9.04. The second-order valence-corrected chi connectivity index (χ2v) is 9.04. The van der Waals surface area contributed by atoms with Crippen LogP contribution in [0.2, 0.25) is 0 Å². The summed E-state index contributed by atoms with van der Waals surface area (Å²) in [4.78, 5) is 18.7. The Morgan fingerprint density at radius 3 is 2.53 bits per heavy atom. The molecular weight excluding hydrogens is 382 g/mol. The number of hydrogen-bond acceptors (Lipinski definition) is 7. The molecule has 0 unspecified atom stereocenters. The normalized spacial score (nSPS) is 21.0. The minimum Gasteiger partial charge on any atom is -0.489 e. The van der Waals surface area contributed by atoms with Gasteiger partial charge >= 0.3 is 6.09 Å². The fraction of sp³-hybridized carbons (Fsp3) is 0.636. The molecule has 30 heavy (non-hydrogen) atoms. The lowest BCUT2D eigenvalue weighted by atomic mass is 9.64. The number of hydrazine groups is 1. The zero-order valence-corrected chi connectivity index (χ0v) is 18.0. The zero-order chi connectivity index (χ0) is 21.3. The van der Waals surface area contributed by atoms with Gasteiger partial charge in [-0.05, 0) is 57.6 Å². The first-order chi connectivity index (χ1) is 14.4. The first-order valence-electron chi connectivity index (χ1n) is 10.9. The van der Waals surface area contributed by atoms with E-state index in [4.69, 9.17) is 21.1 Å². The number of pyridine rings is 1. The molecule has 1 spiro atoms. The van der Waals surface area contributed by atoms with Crippen molar-refractivity contribution in [2.45, 2.75) is 58.0 Å². The molecule has 2 saturated carbocycles. The molecule has 3 aliphatic rings.